The van der Waals surface area contributed by atoms with Gasteiger partial charge in [-0.15, -0.1) is 10.2 Å². The van der Waals surface area contributed by atoms with Gasteiger partial charge in [0, 0.05) is 38.4 Å². The highest BCUT2D eigenvalue weighted by atomic mass is 32.2. The molecule has 6 nitrogen and oxygen atoms in total. The lowest BCUT2D eigenvalue weighted by Crippen LogP contribution is -2.46. The Morgan fingerprint density at radius 3 is 2.17 bits per heavy atom. The monoisotopic (exact) mass is 419 g/mol. The van der Waals surface area contributed by atoms with Crippen molar-refractivity contribution in [1.29, 1.82) is 0 Å². The first-order valence-electron chi connectivity index (χ1n) is 10.1. The van der Waals surface area contributed by atoms with Gasteiger partial charge in [0.15, 0.2) is 5.82 Å². The van der Waals surface area contributed by atoms with Crippen molar-refractivity contribution in [2.24, 2.45) is 0 Å². The maximum absolute atomic E-state index is 12.1. The molecular formula is C23H25N5OS. The van der Waals surface area contributed by atoms with E-state index in [0.29, 0.717) is 12.3 Å². The third kappa shape index (κ3) is 5.51. The molecule has 1 N–H and O–H groups in total. The molecule has 0 unspecified atom stereocenters. The summed E-state index contributed by atoms with van der Waals surface area (Å²) in [5.41, 5.74) is 2.35. The van der Waals surface area contributed by atoms with Crippen molar-refractivity contribution in [3.63, 3.8) is 0 Å². The minimum absolute atomic E-state index is 0.00763. The molecule has 30 heavy (non-hydrogen) atoms. The fourth-order valence-electron chi connectivity index (χ4n) is 3.38. The first kappa shape index (κ1) is 20.2. The summed E-state index contributed by atoms with van der Waals surface area (Å²) in [7, 11) is 0. The molecule has 2 heterocycles. The molecule has 1 fully saturated rings. The Morgan fingerprint density at radius 2 is 1.50 bits per heavy atom. The van der Waals surface area contributed by atoms with Gasteiger partial charge in [-0.2, -0.15) is 0 Å². The number of piperazine rings is 1. The van der Waals surface area contributed by atoms with Crippen LogP contribution in [0.1, 0.15) is 5.56 Å². The lowest BCUT2D eigenvalue weighted by Gasteiger charge is -2.36. The van der Waals surface area contributed by atoms with Crippen LogP contribution < -0.4 is 15.1 Å². The molecule has 2 aromatic carbocycles. The number of hydrogen-bond acceptors (Lipinski definition) is 6. The van der Waals surface area contributed by atoms with E-state index in [1.165, 1.54) is 17.4 Å². The number of anilines is 2. The van der Waals surface area contributed by atoms with Gasteiger partial charge in [-0.1, -0.05) is 60.3 Å². The number of nitrogens with one attached hydrogen (secondary N) is 1. The third-order valence-electron chi connectivity index (χ3n) is 5.03. The zero-order valence-corrected chi connectivity index (χ0v) is 17.6. The van der Waals surface area contributed by atoms with E-state index in [1.807, 2.05) is 48.5 Å². The van der Waals surface area contributed by atoms with E-state index in [0.717, 1.165) is 42.6 Å². The Kier molecular flexibility index (Phi) is 6.82. The van der Waals surface area contributed by atoms with E-state index in [9.17, 15) is 4.79 Å². The summed E-state index contributed by atoms with van der Waals surface area (Å²) in [4.78, 5) is 16.7. The number of benzene rings is 2. The normalized spacial score (nSPS) is 13.9. The van der Waals surface area contributed by atoms with Crippen molar-refractivity contribution in [3.05, 3.63) is 78.4 Å². The molecule has 4 rings (SSSR count). The highest BCUT2D eigenvalue weighted by Gasteiger charge is 2.18. The first-order chi connectivity index (χ1) is 14.8. The average molecular weight is 420 g/mol. The van der Waals surface area contributed by atoms with Crippen LogP contribution in [0, 0.1) is 0 Å². The lowest BCUT2D eigenvalue weighted by molar-refractivity contribution is -0.118. The standard InChI is InChI=1S/C23H25N5OS/c29-22(24-17-19-7-3-1-4-8-19)18-30-23-12-11-21(25-26-23)28-15-13-27(14-16-28)20-9-5-2-6-10-20/h1-12H,13-18H2,(H,24,29). The SMILES string of the molecule is O=C(CSc1ccc(N2CCN(c3ccccc3)CC2)nn1)NCc1ccccc1. The molecule has 0 radical (unpaired) electrons. The van der Waals surface area contributed by atoms with E-state index in [-0.39, 0.29) is 5.91 Å². The number of carbonyl (C=O) groups is 1. The van der Waals surface area contributed by atoms with E-state index < -0.39 is 0 Å². The number of hydrogen-bond donors (Lipinski definition) is 1. The van der Waals surface area contributed by atoms with Crippen LogP contribution in [0.2, 0.25) is 0 Å². The maximum atomic E-state index is 12.1. The number of para-hydroxylation sites is 1. The van der Waals surface area contributed by atoms with Crippen molar-refractivity contribution in [2.75, 3.05) is 41.7 Å². The van der Waals surface area contributed by atoms with Gasteiger partial charge in [0.1, 0.15) is 5.03 Å². The molecule has 3 aromatic rings. The molecule has 7 heteroatoms. The summed E-state index contributed by atoms with van der Waals surface area (Å²) in [6.07, 6.45) is 0. The fraction of sp³-hybridized carbons (Fsp3) is 0.261. The van der Waals surface area contributed by atoms with Crippen LogP contribution in [-0.4, -0.2) is 48.0 Å². The van der Waals surface area contributed by atoms with Crippen molar-refractivity contribution in [2.45, 2.75) is 11.6 Å². The molecule has 0 spiro atoms. The molecule has 1 amide bonds. The van der Waals surface area contributed by atoms with Crippen LogP contribution >= 0.6 is 11.8 Å². The topological polar surface area (TPSA) is 61.4 Å². The molecule has 0 bridgehead atoms. The highest BCUT2D eigenvalue weighted by molar-refractivity contribution is 7.99. The largest absolute Gasteiger partial charge is 0.368 e. The van der Waals surface area contributed by atoms with E-state index in [2.05, 4.69) is 49.6 Å². The number of rotatable bonds is 7. The Morgan fingerprint density at radius 1 is 0.833 bits per heavy atom. The van der Waals surface area contributed by atoms with Gasteiger partial charge < -0.3 is 15.1 Å². The predicted molar refractivity (Wildman–Crippen MR) is 122 cm³/mol. The van der Waals surface area contributed by atoms with Gasteiger partial charge in [-0.3, -0.25) is 4.79 Å². The van der Waals surface area contributed by atoms with Crippen LogP contribution in [0.3, 0.4) is 0 Å². The van der Waals surface area contributed by atoms with Crippen molar-refractivity contribution < 1.29 is 4.79 Å². The van der Waals surface area contributed by atoms with Crippen LogP contribution in [-0.2, 0) is 11.3 Å². The maximum Gasteiger partial charge on any atom is 0.230 e. The molecule has 1 saturated heterocycles. The second-order valence-corrected chi connectivity index (χ2v) is 8.09. The summed E-state index contributed by atoms with van der Waals surface area (Å²) < 4.78 is 0. The number of nitrogens with zero attached hydrogens (tertiary/aromatic N) is 4. The number of amides is 1. The number of thioether (sulfide) groups is 1. The smallest absolute Gasteiger partial charge is 0.230 e. The van der Waals surface area contributed by atoms with Crippen LogP contribution in [0.4, 0.5) is 11.5 Å². The quantitative estimate of drug-likeness (QED) is 0.594. The summed E-state index contributed by atoms with van der Waals surface area (Å²) >= 11 is 1.40. The molecule has 1 aliphatic rings. The van der Waals surface area contributed by atoms with Gasteiger partial charge in [0.05, 0.1) is 5.75 Å². The average Bonchev–Trinajstić information content (AvgIpc) is 2.83. The number of aromatic nitrogens is 2. The molecule has 0 atom stereocenters. The molecular weight excluding hydrogens is 394 g/mol. The lowest BCUT2D eigenvalue weighted by atomic mass is 10.2. The number of carbonyl (C=O) groups excluding carboxylic acids is 1. The molecule has 154 valence electrons. The fourth-order valence-corrected chi connectivity index (χ4v) is 4.02. The van der Waals surface area contributed by atoms with Crippen LogP contribution in [0.25, 0.3) is 0 Å². The zero-order chi connectivity index (χ0) is 20.6. The third-order valence-corrected chi connectivity index (χ3v) is 5.95. The predicted octanol–water partition coefficient (Wildman–Crippen LogP) is 3.21. The summed E-state index contributed by atoms with van der Waals surface area (Å²) in [5.74, 6) is 1.21. The summed E-state index contributed by atoms with van der Waals surface area (Å²) in [6, 6.07) is 24.3. The van der Waals surface area contributed by atoms with Gasteiger partial charge in [0.2, 0.25) is 5.91 Å². The van der Waals surface area contributed by atoms with Crippen LogP contribution in [0.15, 0.2) is 77.8 Å². The van der Waals surface area contributed by atoms with Crippen LogP contribution in [0.5, 0.6) is 0 Å². The van der Waals surface area contributed by atoms with E-state index >= 15 is 0 Å². The molecule has 0 saturated carbocycles. The van der Waals surface area contributed by atoms with Gasteiger partial charge >= 0.3 is 0 Å². The van der Waals surface area contributed by atoms with Crippen molar-refractivity contribution in [3.8, 4) is 0 Å². The van der Waals surface area contributed by atoms with Gasteiger partial charge in [-0.05, 0) is 29.8 Å². The van der Waals surface area contributed by atoms with E-state index in [1.54, 1.807) is 0 Å². The highest BCUT2D eigenvalue weighted by Crippen LogP contribution is 2.20. The first-order valence-corrected chi connectivity index (χ1v) is 11.1. The second-order valence-electron chi connectivity index (χ2n) is 7.09. The minimum Gasteiger partial charge on any atom is -0.368 e. The van der Waals surface area contributed by atoms with Gasteiger partial charge in [-0.25, -0.2) is 0 Å². The van der Waals surface area contributed by atoms with Crippen molar-refractivity contribution in [1.82, 2.24) is 15.5 Å². The Bertz CT molecular complexity index is 929. The Hall–Kier alpha value is -3.06. The van der Waals surface area contributed by atoms with E-state index in [4.69, 9.17) is 0 Å². The second kappa shape index (κ2) is 10.1. The Balaban J connectivity index is 1.22. The zero-order valence-electron chi connectivity index (χ0n) is 16.8. The Labute approximate surface area is 181 Å². The van der Waals surface area contributed by atoms with Gasteiger partial charge in [0.25, 0.3) is 0 Å². The van der Waals surface area contributed by atoms with Crippen molar-refractivity contribution >= 4 is 29.2 Å². The summed E-state index contributed by atoms with van der Waals surface area (Å²) in [6.45, 7) is 4.29. The minimum atomic E-state index is -0.00763. The summed E-state index contributed by atoms with van der Waals surface area (Å²) in [5, 5.41) is 12.4. The molecule has 1 aromatic heterocycles. The molecule has 0 aliphatic carbocycles. The molecule has 1 aliphatic heterocycles.